The first-order valence-electron chi connectivity index (χ1n) is 5.90. The Labute approximate surface area is 106 Å². The largest absolute Gasteiger partial charge is 0.463 e. The Kier molecular flexibility index (Phi) is 6.49. The molecule has 0 aliphatic rings. The maximum Gasteiger partial charge on any atom is 0.318 e. The number of nitrogens with one attached hydrogen (secondary N) is 1. The van der Waals surface area contributed by atoms with Crippen LogP contribution in [0.25, 0.3) is 0 Å². The number of aliphatic hydroxyl groups excluding tert-OH is 1. The number of anilines is 1. The van der Waals surface area contributed by atoms with Crippen molar-refractivity contribution >= 4 is 11.8 Å². The van der Waals surface area contributed by atoms with E-state index in [0.29, 0.717) is 31.3 Å². The zero-order chi connectivity index (χ0) is 13.2. The highest BCUT2D eigenvalue weighted by Crippen LogP contribution is 2.07. The van der Waals surface area contributed by atoms with Crippen molar-refractivity contribution in [1.29, 1.82) is 0 Å². The van der Waals surface area contributed by atoms with Crippen molar-refractivity contribution in [3.05, 3.63) is 12.3 Å². The lowest BCUT2D eigenvalue weighted by Crippen LogP contribution is -2.23. The Morgan fingerprint density at radius 1 is 1.61 bits per heavy atom. The molecule has 0 saturated carbocycles. The number of nitrogens with zero attached hydrogens (tertiary/aromatic N) is 3. The summed E-state index contributed by atoms with van der Waals surface area (Å²) in [6.07, 6.45) is 3.04. The number of ether oxygens (including phenoxy) is 1. The van der Waals surface area contributed by atoms with Gasteiger partial charge in [0.2, 0.25) is 0 Å². The van der Waals surface area contributed by atoms with Crippen LogP contribution in [0.3, 0.4) is 0 Å². The van der Waals surface area contributed by atoms with Crippen LogP contribution in [0.15, 0.2) is 17.3 Å². The van der Waals surface area contributed by atoms with Crippen molar-refractivity contribution < 1.29 is 9.84 Å². The predicted octanol–water partition coefficient (Wildman–Crippen LogP) is 0.374. The summed E-state index contributed by atoms with van der Waals surface area (Å²) < 4.78 is 5.25. The molecule has 0 aliphatic heterocycles. The number of nitrogens with two attached hydrogens (primary N) is 1. The molecular formula is C11H19N5O2. The van der Waals surface area contributed by atoms with Crippen molar-refractivity contribution in [2.75, 3.05) is 25.1 Å². The quantitative estimate of drug-likeness (QED) is 0.368. The van der Waals surface area contributed by atoms with Gasteiger partial charge in [-0.25, -0.2) is 4.98 Å². The smallest absolute Gasteiger partial charge is 0.318 e. The van der Waals surface area contributed by atoms with Crippen molar-refractivity contribution in [1.82, 2.24) is 9.97 Å². The average molecular weight is 253 g/mol. The van der Waals surface area contributed by atoms with Crippen molar-refractivity contribution in [2.45, 2.75) is 19.8 Å². The lowest BCUT2D eigenvalue weighted by Gasteiger charge is -2.06. The molecule has 0 unspecified atom stereocenters. The summed E-state index contributed by atoms with van der Waals surface area (Å²) in [5, 5.41) is 11.5. The fraction of sp³-hybridized carbons (Fsp3) is 0.545. The molecule has 1 aromatic rings. The molecule has 7 nitrogen and oxygen atoms in total. The molecule has 1 heterocycles. The molecule has 0 spiro atoms. The number of hydrogen-bond donors (Lipinski definition) is 3. The fourth-order valence-corrected chi connectivity index (χ4v) is 1.11. The Bertz CT molecular complexity index is 383. The minimum Gasteiger partial charge on any atom is -0.463 e. The van der Waals surface area contributed by atoms with Gasteiger partial charge in [0.25, 0.3) is 0 Å². The lowest BCUT2D eigenvalue weighted by atomic mass is 10.5. The average Bonchev–Trinajstić information content (AvgIpc) is 2.37. The Balaban J connectivity index is 2.53. The number of guanidine groups is 1. The van der Waals surface area contributed by atoms with Crippen molar-refractivity contribution in [3.8, 4) is 6.01 Å². The zero-order valence-corrected chi connectivity index (χ0v) is 10.5. The van der Waals surface area contributed by atoms with Gasteiger partial charge in [0.1, 0.15) is 5.82 Å². The summed E-state index contributed by atoms with van der Waals surface area (Å²) in [6, 6.07) is 1.92. The summed E-state index contributed by atoms with van der Waals surface area (Å²) in [4.78, 5) is 12.1. The Morgan fingerprint density at radius 3 is 3.17 bits per heavy atom. The number of aromatic nitrogens is 2. The van der Waals surface area contributed by atoms with E-state index in [9.17, 15) is 0 Å². The van der Waals surface area contributed by atoms with Crippen molar-refractivity contribution in [2.24, 2.45) is 10.7 Å². The first kappa shape index (κ1) is 14.2. The highest BCUT2D eigenvalue weighted by molar-refractivity contribution is 5.91. The standard InChI is InChI=1S/C11H19N5O2/c1-2-5-13-10(12)15-9-4-6-14-11(16-9)18-8-3-7-17/h4,6,17H,2-3,5,7-8H2,1H3,(H3,12,13,14,15,16). The van der Waals surface area contributed by atoms with E-state index in [-0.39, 0.29) is 12.6 Å². The molecule has 0 aliphatic carbocycles. The molecule has 0 atom stereocenters. The molecule has 100 valence electrons. The van der Waals surface area contributed by atoms with E-state index in [0.717, 1.165) is 6.42 Å². The van der Waals surface area contributed by atoms with Gasteiger partial charge in [-0.05, 0) is 12.5 Å². The molecule has 0 fully saturated rings. The maximum atomic E-state index is 8.63. The van der Waals surface area contributed by atoms with Crippen molar-refractivity contribution in [3.63, 3.8) is 0 Å². The maximum absolute atomic E-state index is 8.63. The molecular weight excluding hydrogens is 234 g/mol. The van der Waals surface area contributed by atoms with Gasteiger partial charge >= 0.3 is 6.01 Å². The van der Waals surface area contributed by atoms with E-state index in [1.807, 2.05) is 6.92 Å². The van der Waals surface area contributed by atoms with Crippen LogP contribution in [0, 0.1) is 0 Å². The first-order chi connectivity index (χ1) is 8.76. The second kappa shape index (κ2) is 8.24. The normalized spacial score (nSPS) is 11.3. The summed E-state index contributed by atoms with van der Waals surface area (Å²) >= 11 is 0. The fourth-order valence-electron chi connectivity index (χ4n) is 1.11. The van der Waals surface area contributed by atoms with Crippen LogP contribution in [0.5, 0.6) is 6.01 Å². The van der Waals surface area contributed by atoms with Crippen LogP contribution < -0.4 is 15.8 Å². The molecule has 1 rings (SSSR count). The topological polar surface area (TPSA) is 106 Å². The van der Waals surface area contributed by atoms with E-state index in [1.54, 1.807) is 12.3 Å². The third-order valence-corrected chi connectivity index (χ3v) is 1.93. The minimum atomic E-state index is 0.0779. The van der Waals surface area contributed by atoms with Crippen LogP contribution >= 0.6 is 0 Å². The van der Waals surface area contributed by atoms with E-state index < -0.39 is 0 Å². The van der Waals surface area contributed by atoms with E-state index in [4.69, 9.17) is 15.6 Å². The van der Waals surface area contributed by atoms with E-state index in [1.165, 1.54) is 0 Å². The van der Waals surface area contributed by atoms with E-state index in [2.05, 4.69) is 20.3 Å². The van der Waals surface area contributed by atoms with Gasteiger partial charge in [0.05, 0.1) is 6.61 Å². The summed E-state index contributed by atoms with van der Waals surface area (Å²) in [5.41, 5.74) is 5.67. The van der Waals surface area contributed by atoms with Gasteiger partial charge in [-0.3, -0.25) is 4.99 Å². The van der Waals surface area contributed by atoms with Crippen LogP contribution in [0.2, 0.25) is 0 Å². The summed E-state index contributed by atoms with van der Waals surface area (Å²) in [5.74, 6) is 0.846. The molecule has 0 amide bonds. The van der Waals surface area contributed by atoms with Crippen LogP contribution in [0.4, 0.5) is 5.82 Å². The Morgan fingerprint density at radius 2 is 2.44 bits per heavy atom. The Hall–Kier alpha value is -1.89. The van der Waals surface area contributed by atoms with Crippen LogP contribution in [0.1, 0.15) is 19.8 Å². The predicted molar refractivity (Wildman–Crippen MR) is 69.6 cm³/mol. The summed E-state index contributed by atoms with van der Waals surface area (Å²) in [7, 11) is 0. The molecule has 18 heavy (non-hydrogen) atoms. The van der Waals surface area contributed by atoms with Gasteiger partial charge < -0.3 is 20.9 Å². The number of aliphatic imine (C=N–C) groups is 1. The van der Waals surface area contributed by atoms with Gasteiger partial charge in [0, 0.05) is 25.8 Å². The minimum absolute atomic E-state index is 0.0779. The second-order valence-corrected chi connectivity index (χ2v) is 3.54. The molecule has 0 saturated heterocycles. The third-order valence-electron chi connectivity index (χ3n) is 1.93. The molecule has 1 aromatic heterocycles. The molecule has 0 radical (unpaired) electrons. The lowest BCUT2D eigenvalue weighted by molar-refractivity contribution is 0.224. The molecule has 4 N–H and O–H groups in total. The molecule has 0 bridgehead atoms. The van der Waals surface area contributed by atoms with E-state index >= 15 is 0 Å². The third kappa shape index (κ3) is 5.44. The molecule has 0 aromatic carbocycles. The summed E-state index contributed by atoms with van der Waals surface area (Å²) in [6.45, 7) is 3.15. The highest BCUT2D eigenvalue weighted by Gasteiger charge is 2.01. The molecule has 7 heteroatoms. The van der Waals surface area contributed by atoms with Gasteiger partial charge in [-0.2, -0.15) is 4.98 Å². The van der Waals surface area contributed by atoms with Crippen LogP contribution in [-0.2, 0) is 0 Å². The van der Waals surface area contributed by atoms with Gasteiger partial charge in [-0.1, -0.05) is 6.92 Å². The first-order valence-corrected chi connectivity index (χ1v) is 5.90. The number of aliphatic hydroxyl groups is 1. The second-order valence-electron chi connectivity index (χ2n) is 3.54. The highest BCUT2D eigenvalue weighted by atomic mass is 16.5. The monoisotopic (exact) mass is 253 g/mol. The van der Waals surface area contributed by atoms with Gasteiger partial charge in [0.15, 0.2) is 5.96 Å². The van der Waals surface area contributed by atoms with Crippen LogP contribution in [-0.4, -0.2) is 40.8 Å². The number of rotatable bonds is 7. The van der Waals surface area contributed by atoms with Gasteiger partial charge in [-0.15, -0.1) is 0 Å². The zero-order valence-electron chi connectivity index (χ0n) is 10.5. The SMILES string of the molecule is CCCN=C(N)Nc1ccnc(OCCCO)n1. The number of hydrogen-bond acceptors (Lipinski definition) is 5.